The predicted molar refractivity (Wildman–Crippen MR) is 124 cm³/mol. The molecule has 8 heteroatoms. The number of hydrogen-bond donors (Lipinski definition) is 1. The number of nitrogens with zero attached hydrogens (tertiary/aromatic N) is 1. The van der Waals surface area contributed by atoms with Crippen molar-refractivity contribution in [2.45, 2.75) is 49.7 Å². The van der Waals surface area contributed by atoms with E-state index in [1.54, 1.807) is 23.9 Å². The van der Waals surface area contributed by atoms with Crippen molar-refractivity contribution in [1.29, 1.82) is 0 Å². The highest BCUT2D eigenvalue weighted by Gasteiger charge is 2.32. The van der Waals surface area contributed by atoms with Gasteiger partial charge in [0.25, 0.3) is 5.91 Å². The average Bonchev–Trinajstić information content (AvgIpc) is 2.73. The molecule has 31 heavy (non-hydrogen) atoms. The van der Waals surface area contributed by atoms with Gasteiger partial charge in [-0.05, 0) is 69.2 Å². The molecule has 1 heterocycles. The highest BCUT2D eigenvalue weighted by atomic mass is 32.2. The summed E-state index contributed by atoms with van der Waals surface area (Å²) in [5.74, 6) is 0.455. The van der Waals surface area contributed by atoms with E-state index >= 15 is 0 Å². The van der Waals surface area contributed by atoms with Crippen LogP contribution in [0.15, 0.2) is 52.3 Å². The molecule has 0 bridgehead atoms. The van der Waals surface area contributed by atoms with Crippen molar-refractivity contribution < 1.29 is 17.9 Å². The third-order valence-corrected chi connectivity index (χ3v) is 8.08. The normalized spacial score (nSPS) is 19.9. The van der Waals surface area contributed by atoms with Gasteiger partial charge < -0.3 is 10.1 Å². The number of ether oxygens (including phenoxy) is 1. The highest BCUT2D eigenvalue weighted by Crippen LogP contribution is 2.22. The summed E-state index contributed by atoms with van der Waals surface area (Å²) in [5.41, 5.74) is 2.84. The molecule has 0 radical (unpaired) electrons. The zero-order chi connectivity index (χ0) is 22.6. The third-order valence-electron chi connectivity index (χ3n) is 5.25. The Morgan fingerprint density at radius 3 is 2.48 bits per heavy atom. The van der Waals surface area contributed by atoms with Crippen molar-refractivity contribution in [2.24, 2.45) is 0 Å². The summed E-state index contributed by atoms with van der Waals surface area (Å²) in [7, 11) is -3.68. The molecule has 0 saturated carbocycles. The maximum Gasteiger partial charge on any atom is 0.251 e. The van der Waals surface area contributed by atoms with E-state index in [4.69, 9.17) is 4.74 Å². The van der Waals surface area contributed by atoms with E-state index in [-0.39, 0.29) is 23.0 Å². The summed E-state index contributed by atoms with van der Waals surface area (Å²) >= 11 is 1.68. The monoisotopic (exact) mass is 462 g/mol. The highest BCUT2D eigenvalue weighted by molar-refractivity contribution is 7.99. The first-order chi connectivity index (χ1) is 14.7. The molecule has 0 spiro atoms. The number of carbonyl (C=O) groups is 1. The Balaban J connectivity index is 1.60. The number of sulfonamides is 1. The minimum absolute atomic E-state index is 0.131. The molecular weight excluding hydrogens is 432 g/mol. The lowest BCUT2D eigenvalue weighted by Crippen LogP contribution is -2.48. The van der Waals surface area contributed by atoms with Gasteiger partial charge in [0, 0.05) is 35.8 Å². The lowest BCUT2D eigenvalue weighted by molar-refractivity contribution is -0.0440. The molecule has 2 atom stereocenters. The Bertz CT molecular complexity index is 1030. The molecule has 2 aromatic carbocycles. The molecule has 168 valence electrons. The molecule has 0 aliphatic carbocycles. The third kappa shape index (κ3) is 6.10. The smallest absolute Gasteiger partial charge is 0.251 e. The number of morpholine rings is 1. The van der Waals surface area contributed by atoms with Gasteiger partial charge in [0.05, 0.1) is 17.1 Å². The molecule has 0 aromatic heterocycles. The fourth-order valence-electron chi connectivity index (χ4n) is 3.51. The van der Waals surface area contributed by atoms with Crippen LogP contribution >= 0.6 is 11.8 Å². The Kier molecular flexibility index (Phi) is 7.80. The maximum absolute atomic E-state index is 13.1. The quantitative estimate of drug-likeness (QED) is 0.502. The fourth-order valence-corrected chi connectivity index (χ4v) is 6.01. The largest absolute Gasteiger partial charge is 0.373 e. The van der Waals surface area contributed by atoms with Crippen molar-refractivity contribution in [1.82, 2.24) is 9.62 Å². The van der Waals surface area contributed by atoms with Gasteiger partial charge in [-0.3, -0.25) is 4.79 Å². The first-order valence-electron chi connectivity index (χ1n) is 10.4. The number of hydrogen-bond acceptors (Lipinski definition) is 5. The number of rotatable bonds is 7. The van der Waals surface area contributed by atoms with Crippen LogP contribution in [0.25, 0.3) is 0 Å². The number of aryl methyl sites for hydroxylation is 2. The molecule has 6 nitrogen and oxygen atoms in total. The minimum atomic E-state index is -3.68. The Morgan fingerprint density at radius 2 is 1.81 bits per heavy atom. The van der Waals surface area contributed by atoms with Gasteiger partial charge in [0.15, 0.2) is 0 Å². The van der Waals surface area contributed by atoms with Crippen molar-refractivity contribution in [3.63, 3.8) is 0 Å². The van der Waals surface area contributed by atoms with E-state index in [2.05, 4.69) is 37.4 Å². The van der Waals surface area contributed by atoms with E-state index in [0.29, 0.717) is 25.2 Å². The van der Waals surface area contributed by atoms with Crippen molar-refractivity contribution in [2.75, 3.05) is 25.4 Å². The standard InChI is InChI=1S/C23H30N2O4S2/c1-16-8-9-21(12-17(16)2)30-11-10-24-23(26)20-6-5-7-22(13-20)31(27,28)25-14-18(3)29-19(4)15-25/h5-9,12-13,18-19H,10-11,14-15H2,1-4H3,(H,24,26). The van der Waals surface area contributed by atoms with Crippen LogP contribution in [0.4, 0.5) is 0 Å². The Morgan fingerprint density at radius 1 is 1.10 bits per heavy atom. The van der Waals surface area contributed by atoms with E-state index in [1.807, 2.05) is 13.8 Å². The number of thioether (sulfide) groups is 1. The van der Waals surface area contributed by atoms with Gasteiger partial charge in [-0.25, -0.2) is 8.42 Å². The molecular formula is C23H30N2O4S2. The van der Waals surface area contributed by atoms with Gasteiger partial charge in [-0.2, -0.15) is 4.31 Å². The van der Waals surface area contributed by atoms with Gasteiger partial charge >= 0.3 is 0 Å². The van der Waals surface area contributed by atoms with E-state index < -0.39 is 10.0 Å². The Hall–Kier alpha value is -1.87. The second kappa shape index (κ2) is 10.2. The van der Waals surface area contributed by atoms with Crippen LogP contribution in [0.1, 0.15) is 35.3 Å². The number of benzene rings is 2. The predicted octanol–water partition coefficient (Wildman–Crippen LogP) is 3.62. The second-order valence-corrected chi connectivity index (χ2v) is 11.1. The molecule has 2 unspecified atom stereocenters. The summed E-state index contributed by atoms with van der Waals surface area (Å²) in [5, 5.41) is 2.88. The topological polar surface area (TPSA) is 75.7 Å². The molecule has 1 saturated heterocycles. The zero-order valence-electron chi connectivity index (χ0n) is 18.4. The van der Waals surface area contributed by atoms with Crippen molar-refractivity contribution in [3.05, 3.63) is 59.2 Å². The van der Waals surface area contributed by atoms with Gasteiger partial charge in [-0.1, -0.05) is 12.1 Å². The van der Waals surface area contributed by atoms with E-state index in [1.165, 1.54) is 32.5 Å². The van der Waals surface area contributed by atoms with Crippen LogP contribution < -0.4 is 5.32 Å². The number of carbonyl (C=O) groups excluding carboxylic acids is 1. The maximum atomic E-state index is 13.1. The summed E-state index contributed by atoms with van der Waals surface area (Å²) in [4.78, 5) is 13.9. The number of nitrogens with one attached hydrogen (secondary N) is 1. The molecule has 3 rings (SSSR count). The molecule has 1 amide bonds. The second-order valence-electron chi connectivity index (χ2n) is 7.96. The first-order valence-corrected chi connectivity index (χ1v) is 12.8. The summed E-state index contributed by atoms with van der Waals surface area (Å²) in [6.07, 6.45) is -0.334. The van der Waals surface area contributed by atoms with Crippen LogP contribution in [-0.4, -0.2) is 56.2 Å². The molecule has 1 aliphatic rings. The lowest BCUT2D eigenvalue weighted by atomic mass is 10.1. The summed E-state index contributed by atoms with van der Waals surface area (Å²) in [6.45, 7) is 8.98. The van der Waals surface area contributed by atoms with Crippen LogP contribution in [0, 0.1) is 13.8 Å². The lowest BCUT2D eigenvalue weighted by Gasteiger charge is -2.34. The SMILES string of the molecule is Cc1ccc(SCCNC(=O)c2cccc(S(=O)(=O)N3CC(C)OC(C)C3)c2)cc1C. The van der Waals surface area contributed by atoms with Crippen LogP contribution in [-0.2, 0) is 14.8 Å². The van der Waals surface area contributed by atoms with Crippen LogP contribution in [0.2, 0.25) is 0 Å². The zero-order valence-corrected chi connectivity index (χ0v) is 20.1. The van der Waals surface area contributed by atoms with Crippen molar-refractivity contribution >= 4 is 27.7 Å². The molecule has 2 aromatic rings. The molecule has 1 fully saturated rings. The first kappa shape index (κ1) is 23.8. The van der Waals surface area contributed by atoms with E-state index in [9.17, 15) is 13.2 Å². The average molecular weight is 463 g/mol. The van der Waals surface area contributed by atoms with E-state index in [0.717, 1.165) is 5.75 Å². The van der Waals surface area contributed by atoms with Crippen molar-refractivity contribution in [3.8, 4) is 0 Å². The molecule has 1 aliphatic heterocycles. The van der Waals surface area contributed by atoms with Gasteiger partial charge in [-0.15, -0.1) is 11.8 Å². The minimum Gasteiger partial charge on any atom is -0.373 e. The fraction of sp³-hybridized carbons (Fsp3) is 0.435. The van der Waals surface area contributed by atoms with Crippen LogP contribution in [0.5, 0.6) is 0 Å². The van der Waals surface area contributed by atoms with Crippen LogP contribution in [0.3, 0.4) is 0 Å². The summed E-state index contributed by atoms with van der Waals surface area (Å²) < 4.78 is 33.2. The number of amides is 1. The summed E-state index contributed by atoms with van der Waals surface area (Å²) in [6, 6.07) is 12.5. The van der Waals surface area contributed by atoms with Gasteiger partial charge in [0.1, 0.15) is 0 Å². The van der Waals surface area contributed by atoms with Gasteiger partial charge in [0.2, 0.25) is 10.0 Å². The Labute approximate surface area is 189 Å². The molecule has 1 N–H and O–H groups in total.